The van der Waals surface area contributed by atoms with Crippen LogP contribution in [0, 0.1) is 0 Å². The van der Waals surface area contributed by atoms with Crippen molar-refractivity contribution in [3.8, 4) is 11.5 Å². The highest BCUT2D eigenvalue weighted by Gasteiger charge is 2.21. The summed E-state index contributed by atoms with van der Waals surface area (Å²) in [6, 6.07) is 12.7. The molecule has 1 N–H and O–H groups in total. The Hall–Kier alpha value is -2.28. The van der Waals surface area contributed by atoms with Crippen LogP contribution < -0.4 is 14.8 Å². The van der Waals surface area contributed by atoms with E-state index in [9.17, 15) is 4.79 Å². The van der Waals surface area contributed by atoms with Crippen LogP contribution >= 0.6 is 11.6 Å². The lowest BCUT2D eigenvalue weighted by Crippen LogP contribution is -2.46. The molecular formula is C24H31ClN2O4. The van der Waals surface area contributed by atoms with Crippen molar-refractivity contribution in [1.29, 1.82) is 0 Å². The molecule has 3 rings (SSSR count). The monoisotopic (exact) mass is 446 g/mol. The number of carbonyl (C=O) groups is 1. The van der Waals surface area contributed by atoms with Crippen LogP contribution in [0.15, 0.2) is 42.5 Å². The van der Waals surface area contributed by atoms with Crippen molar-refractivity contribution in [2.75, 3.05) is 33.3 Å². The average molecular weight is 447 g/mol. The minimum Gasteiger partial charge on any atom is -0.493 e. The zero-order valence-electron chi connectivity index (χ0n) is 18.4. The van der Waals surface area contributed by atoms with E-state index in [-0.39, 0.29) is 18.1 Å². The zero-order valence-corrected chi connectivity index (χ0v) is 19.2. The van der Waals surface area contributed by atoms with Gasteiger partial charge in [-0.2, -0.15) is 0 Å². The van der Waals surface area contributed by atoms with E-state index in [0.717, 1.165) is 31.6 Å². The molecule has 31 heavy (non-hydrogen) atoms. The predicted molar refractivity (Wildman–Crippen MR) is 122 cm³/mol. The fourth-order valence-corrected chi connectivity index (χ4v) is 3.96. The Balaban J connectivity index is 1.49. The molecule has 2 aromatic carbocycles. The normalized spacial score (nSPS) is 19.1. The molecule has 2 aromatic rings. The topological polar surface area (TPSA) is 60.0 Å². The van der Waals surface area contributed by atoms with Crippen molar-refractivity contribution >= 4 is 17.5 Å². The Morgan fingerprint density at radius 2 is 1.90 bits per heavy atom. The summed E-state index contributed by atoms with van der Waals surface area (Å²) in [6.07, 6.45) is 1.40. The molecule has 6 nitrogen and oxygen atoms in total. The standard InChI is InChI=1S/C24H31ClN2O4/c1-17-14-27(15-18(2)31-17)12-6-11-26-24(28)19-9-10-22(23(13-19)29-3)30-16-20-7-4-5-8-21(20)25/h4-5,7-10,13,17-18H,6,11-12,14-16H2,1-3H3,(H,26,28)/t17-,18-/m0/s1. The van der Waals surface area contributed by atoms with Crippen LogP contribution in [0.4, 0.5) is 0 Å². The summed E-state index contributed by atoms with van der Waals surface area (Å²) in [7, 11) is 1.56. The number of carbonyl (C=O) groups excluding carboxylic acids is 1. The van der Waals surface area contributed by atoms with Crippen LogP contribution in [0.3, 0.4) is 0 Å². The minimum atomic E-state index is -0.125. The predicted octanol–water partition coefficient (Wildman–Crippen LogP) is 4.16. The first-order valence-corrected chi connectivity index (χ1v) is 11.0. The van der Waals surface area contributed by atoms with Gasteiger partial charge in [0.05, 0.1) is 19.3 Å². The summed E-state index contributed by atoms with van der Waals surface area (Å²) in [5.74, 6) is 0.949. The Morgan fingerprint density at radius 1 is 1.16 bits per heavy atom. The molecule has 0 bridgehead atoms. The third-order valence-electron chi connectivity index (χ3n) is 5.20. The zero-order chi connectivity index (χ0) is 22.2. The molecule has 0 radical (unpaired) electrons. The highest BCUT2D eigenvalue weighted by molar-refractivity contribution is 6.31. The first-order valence-electron chi connectivity index (χ1n) is 10.7. The van der Waals surface area contributed by atoms with Crippen LogP contribution in [0.2, 0.25) is 5.02 Å². The van der Waals surface area contributed by atoms with E-state index in [1.165, 1.54) is 0 Å². The number of methoxy groups -OCH3 is 1. The van der Waals surface area contributed by atoms with E-state index in [4.69, 9.17) is 25.8 Å². The highest BCUT2D eigenvalue weighted by atomic mass is 35.5. The summed E-state index contributed by atoms with van der Waals surface area (Å²) in [6.45, 7) is 7.94. The molecule has 1 fully saturated rings. The molecule has 0 unspecified atom stereocenters. The Morgan fingerprint density at radius 3 is 2.61 bits per heavy atom. The van der Waals surface area contributed by atoms with Gasteiger partial charge in [0.15, 0.2) is 11.5 Å². The highest BCUT2D eigenvalue weighted by Crippen LogP contribution is 2.29. The van der Waals surface area contributed by atoms with Crippen molar-refractivity contribution in [1.82, 2.24) is 10.2 Å². The Bertz CT molecular complexity index is 866. The molecule has 1 aliphatic rings. The maximum Gasteiger partial charge on any atom is 0.251 e. The van der Waals surface area contributed by atoms with Gasteiger partial charge in [-0.15, -0.1) is 0 Å². The van der Waals surface area contributed by atoms with E-state index in [1.54, 1.807) is 25.3 Å². The largest absolute Gasteiger partial charge is 0.493 e. The molecule has 0 saturated carbocycles. The number of amides is 1. The number of rotatable bonds is 9. The van der Waals surface area contributed by atoms with Gasteiger partial charge in [-0.1, -0.05) is 29.8 Å². The summed E-state index contributed by atoms with van der Waals surface area (Å²) >= 11 is 6.18. The lowest BCUT2D eigenvalue weighted by Gasteiger charge is -2.35. The first kappa shape index (κ1) is 23.4. The molecule has 0 aliphatic carbocycles. The number of benzene rings is 2. The van der Waals surface area contributed by atoms with E-state index in [1.807, 2.05) is 24.3 Å². The molecule has 0 aromatic heterocycles. The van der Waals surface area contributed by atoms with Crippen LogP contribution in [0.1, 0.15) is 36.2 Å². The minimum absolute atomic E-state index is 0.125. The summed E-state index contributed by atoms with van der Waals surface area (Å²) in [5, 5.41) is 3.64. The second kappa shape index (κ2) is 11.4. The molecule has 1 saturated heterocycles. The molecule has 1 amide bonds. The van der Waals surface area contributed by atoms with Crippen molar-refractivity contribution < 1.29 is 19.0 Å². The summed E-state index contributed by atoms with van der Waals surface area (Å²) in [5.41, 5.74) is 1.42. The SMILES string of the molecule is COc1cc(C(=O)NCCCN2C[C@H](C)O[C@@H](C)C2)ccc1OCc1ccccc1Cl. The first-order chi connectivity index (χ1) is 15.0. The van der Waals surface area contributed by atoms with Crippen molar-refractivity contribution in [2.24, 2.45) is 0 Å². The van der Waals surface area contributed by atoms with Gasteiger partial charge in [-0.25, -0.2) is 0 Å². The molecule has 168 valence electrons. The third kappa shape index (κ3) is 6.86. The van der Waals surface area contributed by atoms with Gasteiger partial charge < -0.3 is 19.5 Å². The number of morpholine rings is 1. The van der Waals surface area contributed by atoms with Gasteiger partial charge in [-0.3, -0.25) is 9.69 Å². The van der Waals surface area contributed by atoms with Gasteiger partial charge >= 0.3 is 0 Å². The summed E-state index contributed by atoms with van der Waals surface area (Å²) < 4.78 is 17.0. The second-order valence-corrected chi connectivity index (χ2v) is 8.28. The van der Waals surface area contributed by atoms with Crippen LogP contribution in [-0.4, -0.2) is 56.3 Å². The smallest absolute Gasteiger partial charge is 0.251 e. The van der Waals surface area contributed by atoms with Crippen LogP contribution in [0.25, 0.3) is 0 Å². The number of halogens is 1. The van der Waals surface area contributed by atoms with Gasteiger partial charge in [0.1, 0.15) is 6.61 Å². The quantitative estimate of drug-likeness (QED) is 0.586. The fraction of sp³-hybridized carbons (Fsp3) is 0.458. The van der Waals surface area contributed by atoms with E-state index in [2.05, 4.69) is 24.1 Å². The maximum absolute atomic E-state index is 12.5. The van der Waals surface area contributed by atoms with E-state index >= 15 is 0 Å². The van der Waals surface area contributed by atoms with E-state index in [0.29, 0.717) is 35.2 Å². The van der Waals surface area contributed by atoms with Gasteiger partial charge in [0, 0.05) is 42.3 Å². The maximum atomic E-state index is 12.5. The van der Waals surface area contributed by atoms with Crippen molar-refractivity contribution in [3.63, 3.8) is 0 Å². The van der Waals surface area contributed by atoms with Gasteiger partial charge in [0.25, 0.3) is 5.91 Å². The average Bonchev–Trinajstić information content (AvgIpc) is 2.75. The molecular weight excluding hydrogens is 416 g/mol. The number of nitrogens with one attached hydrogen (secondary N) is 1. The third-order valence-corrected chi connectivity index (χ3v) is 5.57. The number of nitrogens with zero attached hydrogens (tertiary/aromatic N) is 1. The Kier molecular flexibility index (Phi) is 8.58. The molecule has 0 spiro atoms. The van der Waals surface area contributed by atoms with Crippen LogP contribution in [0.5, 0.6) is 11.5 Å². The number of hydrogen-bond donors (Lipinski definition) is 1. The molecule has 1 heterocycles. The lowest BCUT2D eigenvalue weighted by molar-refractivity contribution is -0.0679. The second-order valence-electron chi connectivity index (χ2n) is 7.87. The molecule has 1 aliphatic heterocycles. The van der Waals surface area contributed by atoms with E-state index < -0.39 is 0 Å². The fourth-order valence-electron chi connectivity index (χ4n) is 3.77. The molecule has 2 atom stereocenters. The number of hydrogen-bond acceptors (Lipinski definition) is 5. The molecule has 7 heteroatoms. The number of ether oxygens (including phenoxy) is 3. The van der Waals surface area contributed by atoms with Gasteiger partial charge in [0.2, 0.25) is 0 Å². The lowest BCUT2D eigenvalue weighted by atomic mass is 10.1. The Labute approximate surface area is 189 Å². The van der Waals surface area contributed by atoms with Crippen molar-refractivity contribution in [3.05, 3.63) is 58.6 Å². The van der Waals surface area contributed by atoms with Crippen molar-refractivity contribution in [2.45, 2.75) is 39.1 Å². The summed E-state index contributed by atoms with van der Waals surface area (Å²) in [4.78, 5) is 14.9. The van der Waals surface area contributed by atoms with Gasteiger partial charge in [-0.05, 0) is 44.5 Å². The van der Waals surface area contributed by atoms with Crippen LogP contribution in [-0.2, 0) is 11.3 Å².